The average molecular weight is 332 g/mol. The summed E-state index contributed by atoms with van der Waals surface area (Å²) >= 11 is 6.40. The third kappa shape index (κ3) is 5.59. The summed E-state index contributed by atoms with van der Waals surface area (Å²) in [5.74, 6) is -2.09. The van der Waals surface area contributed by atoms with Crippen LogP contribution in [0.4, 0.5) is 0 Å². The lowest BCUT2D eigenvalue weighted by molar-refractivity contribution is -0.141. The Morgan fingerprint density at radius 3 is 1.36 bits per heavy atom. The summed E-state index contributed by atoms with van der Waals surface area (Å²) in [6.07, 6.45) is -0.0103. The summed E-state index contributed by atoms with van der Waals surface area (Å²) in [6.45, 7) is 0. The third-order valence-corrected chi connectivity index (χ3v) is 3.60. The SMILES string of the molecule is O=C(O)CC(CBr)C(CBr)CC(=O)O. The molecule has 6 heteroatoms. The number of aliphatic carboxylic acids is 2. The van der Waals surface area contributed by atoms with E-state index >= 15 is 0 Å². The Morgan fingerprint density at radius 1 is 0.929 bits per heavy atom. The van der Waals surface area contributed by atoms with Crippen LogP contribution < -0.4 is 0 Å². The molecule has 0 aliphatic heterocycles. The molecular formula is C8H12Br2O4. The fourth-order valence-corrected chi connectivity index (χ4v) is 2.66. The van der Waals surface area contributed by atoms with Gasteiger partial charge < -0.3 is 10.2 Å². The second kappa shape index (κ2) is 7.23. The van der Waals surface area contributed by atoms with Crippen molar-refractivity contribution in [2.24, 2.45) is 11.8 Å². The smallest absolute Gasteiger partial charge is 0.303 e. The summed E-state index contributed by atoms with van der Waals surface area (Å²) in [7, 11) is 0. The van der Waals surface area contributed by atoms with Gasteiger partial charge >= 0.3 is 11.9 Å². The predicted molar refractivity (Wildman–Crippen MR) is 59.1 cm³/mol. The second-order valence-electron chi connectivity index (χ2n) is 3.02. The summed E-state index contributed by atoms with van der Waals surface area (Å²) in [5.41, 5.74) is 0. The predicted octanol–water partition coefficient (Wildman–Crippen LogP) is 1.96. The molecule has 0 rings (SSSR count). The van der Waals surface area contributed by atoms with Crippen molar-refractivity contribution in [2.75, 3.05) is 10.7 Å². The van der Waals surface area contributed by atoms with Crippen molar-refractivity contribution in [1.29, 1.82) is 0 Å². The molecule has 0 heterocycles. The number of rotatable bonds is 7. The molecule has 4 nitrogen and oxygen atoms in total. The molecule has 0 fully saturated rings. The molecule has 0 aromatic carbocycles. The van der Waals surface area contributed by atoms with Crippen LogP contribution in [0.5, 0.6) is 0 Å². The molecule has 0 saturated heterocycles. The van der Waals surface area contributed by atoms with E-state index in [-0.39, 0.29) is 24.7 Å². The quantitative estimate of drug-likeness (QED) is 0.699. The van der Waals surface area contributed by atoms with Crippen molar-refractivity contribution in [3.8, 4) is 0 Å². The van der Waals surface area contributed by atoms with E-state index in [2.05, 4.69) is 31.9 Å². The summed E-state index contributed by atoms with van der Waals surface area (Å²) in [4.78, 5) is 21.0. The lowest BCUT2D eigenvalue weighted by Crippen LogP contribution is -2.23. The maximum absolute atomic E-state index is 10.5. The summed E-state index contributed by atoms with van der Waals surface area (Å²) < 4.78 is 0. The van der Waals surface area contributed by atoms with Crippen LogP contribution in [0, 0.1) is 11.8 Å². The largest absolute Gasteiger partial charge is 0.481 e. The first-order valence-electron chi connectivity index (χ1n) is 4.06. The summed E-state index contributed by atoms with van der Waals surface area (Å²) in [6, 6.07) is 0. The molecule has 0 spiro atoms. The molecule has 0 bridgehead atoms. The zero-order valence-corrected chi connectivity index (χ0v) is 10.6. The highest BCUT2D eigenvalue weighted by molar-refractivity contribution is 9.09. The third-order valence-electron chi connectivity index (χ3n) is 1.94. The number of alkyl halides is 2. The number of halogens is 2. The molecule has 0 aliphatic rings. The maximum atomic E-state index is 10.5. The van der Waals surface area contributed by atoms with Crippen molar-refractivity contribution >= 4 is 43.8 Å². The van der Waals surface area contributed by atoms with Crippen LogP contribution in [0.15, 0.2) is 0 Å². The van der Waals surface area contributed by atoms with Crippen LogP contribution in [0.1, 0.15) is 12.8 Å². The number of carbonyl (C=O) groups is 2. The molecule has 0 saturated carbocycles. The number of hydrogen-bond acceptors (Lipinski definition) is 2. The van der Waals surface area contributed by atoms with E-state index in [0.29, 0.717) is 10.7 Å². The van der Waals surface area contributed by atoms with Gasteiger partial charge in [0, 0.05) is 23.5 Å². The fraction of sp³-hybridized carbons (Fsp3) is 0.750. The van der Waals surface area contributed by atoms with E-state index in [9.17, 15) is 9.59 Å². The van der Waals surface area contributed by atoms with Crippen LogP contribution in [0.2, 0.25) is 0 Å². The first kappa shape index (κ1) is 13.9. The lowest BCUT2D eigenvalue weighted by Gasteiger charge is -2.20. The standard InChI is InChI=1S/C8H12Br2O4/c9-3-5(1-7(11)12)6(4-10)2-8(13)14/h5-6H,1-4H2,(H,11,12)(H,13,14). The van der Waals surface area contributed by atoms with Gasteiger partial charge in [0.05, 0.1) is 0 Å². The van der Waals surface area contributed by atoms with Crippen LogP contribution in [-0.4, -0.2) is 32.8 Å². The van der Waals surface area contributed by atoms with Gasteiger partial charge in [0.25, 0.3) is 0 Å². The van der Waals surface area contributed by atoms with Gasteiger partial charge in [-0.3, -0.25) is 9.59 Å². The highest BCUT2D eigenvalue weighted by Crippen LogP contribution is 2.23. The van der Waals surface area contributed by atoms with Crippen LogP contribution in [-0.2, 0) is 9.59 Å². The van der Waals surface area contributed by atoms with Gasteiger partial charge in [-0.25, -0.2) is 0 Å². The Bertz CT molecular complexity index is 186. The number of carboxylic acid groups (broad SMARTS) is 2. The molecular weight excluding hydrogens is 320 g/mol. The number of carboxylic acids is 2. The first-order valence-corrected chi connectivity index (χ1v) is 6.31. The maximum Gasteiger partial charge on any atom is 0.303 e. The fourth-order valence-electron chi connectivity index (χ4n) is 1.14. The Kier molecular flexibility index (Phi) is 7.17. The van der Waals surface area contributed by atoms with Crippen LogP contribution in [0.25, 0.3) is 0 Å². The van der Waals surface area contributed by atoms with Crippen LogP contribution >= 0.6 is 31.9 Å². The van der Waals surface area contributed by atoms with E-state index in [4.69, 9.17) is 10.2 Å². The molecule has 2 atom stereocenters. The van der Waals surface area contributed by atoms with E-state index in [1.54, 1.807) is 0 Å². The second-order valence-corrected chi connectivity index (χ2v) is 4.32. The zero-order valence-electron chi connectivity index (χ0n) is 7.45. The van der Waals surface area contributed by atoms with Gasteiger partial charge in [0.15, 0.2) is 0 Å². The molecule has 2 unspecified atom stereocenters. The highest BCUT2D eigenvalue weighted by atomic mass is 79.9. The Labute approximate surface area is 98.9 Å². The molecule has 0 radical (unpaired) electrons. The van der Waals surface area contributed by atoms with Gasteiger partial charge in [0.2, 0.25) is 0 Å². The van der Waals surface area contributed by atoms with Crippen molar-refractivity contribution in [2.45, 2.75) is 12.8 Å². The molecule has 0 amide bonds. The Hall–Kier alpha value is -0.100. The molecule has 14 heavy (non-hydrogen) atoms. The zero-order chi connectivity index (χ0) is 11.1. The average Bonchev–Trinajstić information content (AvgIpc) is 2.10. The molecule has 0 aliphatic carbocycles. The molecule has 0 aromatic heterocycles. The Morgan fingerprint density at radius 2 is 1.21 bits per heavy atom. The minimum Gasteiger partial charge on any atom is -0.481 e. The van der Waals surface area contributed by atoms with Gasteiger partial charge in [-0.15, -0.1) is 0 Å². The van der Waals surface area contributed by atoms with Gasteiger partial charge in [-0.1, -0.05) is 31.9 Å². The lowest BCUT2D eigenvalue weighted by atomic mass is 9.90. The van der Waals surface area contributed by atoms with Crippen LogP contribution in [0.3, 0.4) is 0 Å². The van der Waals surface area contributed by atoms with Gasteiger partial charge in [0.1, 0.15) is 0 Å². The van der Waals surface area contributed by atoms with Crippen molar-refractivity contribution in [3.05, 3.63) is 0 Å². The van der Waals surface area contributed by atoms with Crippen molar-refractivity contribution in [3.63, 3.8) is 0 Å². The minimum atomic E-state index is -0.897. The van der Waals surface area contributed by atoms with E-state index in [1.165, 1.54) is 0 Å². The van der Waals surface area contributed by atoms with Gasteiger partial charge in [-0.05, 0) is 11.8 Å². The Balaban J connectivity index is 4.28. The van der Waals surface area contributed by atoms with Gasteiger partial charge in [-0.2, -0.15) is 0 Å². The van der Waals surface area contributed by atoms with E-state index in [0.717, 1.165) is 0 Å². The normalized spacial score (nSPS) is 14.7. The van der Waals surface area contributed by atoms with Crippen molar-refractivity contribution < 1.29 is 19.8 Å². The molecule has 2 N–H and O–H groups in total. The summed E-state index contributed by atoms with van der Waals surface area (Å²) in [5, 5.41) is 18.2. The minimum absolute atomic E-state index is 0.00516. The highest BCUT2D eigenvalue weighted by Gasteiger charge is 2.24. The van der Waals surface area contributed by atoms with Crippen molar-refractivity contribution in [1.82, 2.24) is 0 Å². The first-order chi connectivity index (χ1) is 6.51. The number of hydrogen-bond donors (Lipinski definition) is 2. The van der Waals surface area contributed by atoms with E-state index in [1.807, 2.05) is 0 Å². The monoisotopic (exact) mass is 330 g/mol. The topological polar surface area (TPSA) is 74.6 Å². The molecule has 0 aromatic rings. The molecule has 82 valence electrons. The van der Waals surface area contributed by atoms with E-state index < -0.39 is 11.9 Å².